The number of rotatable bonds is 6. The van der Waals surface area contributed by atoms with Crippen molar-refractivity contribution < 1.29 is 17.9 Å². The van der Waals surface area contributed by atoms with Gasteiger partial charge in [0, 0.05) is 17.0 Å². The quantitative estimate of drug-likeness (QED) is 0.545. The van der Waals surface area contributed by atoms with Crippen LogP contribution in [-0.4, -0.2) is 59.5 Å². The van der Waals surface area contributed by atoms with E-state index in [2.05, 4.69) is 4.98 Å². The number of methoxy groups -OCH3 is 1. The molecule has 2 aromatic heterocycles. The smallest absolute Gasteiger partial charge is 0.271 e. The van der Waals surface area contributed by atoms with Gasteiger partial charge >= 0.3 is 0 Å². The summed E-state index contributed by atoms with van der Waals surface area (Å²) in [7, 11) is -1.49. The van der Waals surface area contributed by atoms with E-state index in [0.717, 1.165) is 29.0 Å². The molecule has 32 heavy (non-hydrogen) atoms. The second kappa shape index (κ2) is 8.00. The van der Waals surface area contributed by atoms with Gasteiger partial charge in [-0.05, 0) is 55.2 Å². The number of fused-ring (bicyclic) bond motifs is 1. The summed E-state index contributed by atoms with van der Waals surface area (Å²) in [6, 6.07) is 9.23. The number of ether oxygens (including phenoxy) is 1. The first-order chi connectivity index (χ1) is 15.3. The lowest BCUT2D eigenvalue weighted by atomic mass is 10.2. The van der Waals surface area contributed by atoms with Crippen molar-refractivity contribution >= 4 is 37.3 Å². The van der Waals surface area contributed by atoms with Gasteiger partial charge in [0.2, 0.25) is 5.91 Å². The van der Waals surface area contributed by atoms with Crippen molar-refractivity contribution in [2.45, 2.75) is 37.9 Å². The Hall–Kier alpha value is -2.72. The van der Waals surface area contributed by atoms with Crippen LogP contribution in [0.4, 0.5) is 0 Å². The van der Waals surface area contributed by atoms with Crippen LogP contribution in [0.5, 0.6) is 5.75 Å². The van der Waals surface area contributed by atoms with Crippen LogP contribution >= 0.6 is 11.3 Å². The van der Waals surface area contributed by atoms with Gasteiger partial charge in [-0.25, -0.2) is 13.4 Å². The fourth-order valence-corrected chi connectivity index (χ4v) is 7.01. The molecule has 8 nitrogen and oxygen atoms in total. The second-order valence-corrected chi connectivity index (χ2v) is 11.6. The Morgan fingerprint density at radius 2 is 1.97 bits per heavy atom. The first-order valence-electron chi connectivity index (χ1n) is 10.5. The molecule has 168 valence electrons. The van der Waals surface area contributed by atoms with Crippen molar-refractivity contribution in [2.24, 2.45) is 0 Å². The summed E-state index contributed by atoms with van der Waals surface area (Å²) in [4.78, 5) is 33.2. The lowest BCUT2D eigenvalue weighted by molar-refractivity contribution is -0.134. The van der Waals surface area contributed by atoms with E-state index in [1.54, 1.807) is 12.0 Å². The molecule has 10 heteroatoms. The lowest BCUT2D eigenvalue weighted by Crippen LogP contribution is -2.45. The molecule has 1 aliphatic carbocycles. The zero-order chi connectivity index (χ0) is 22.5. The van der Waals surface area contributed by atoms with Gasteiger partial charge in [0.1, 0.15) is 17.0 Å². The number of carbonyl (C=O) groups excluding carboxylic acids is 1. The van der Waals surface area contributed by atoms with Gasteiger partial charge < -0.3 is 9.64 Å². The zero-order valence-electron chi connectivity index (χ0n) is 17.6. The van der Waals surface area contributed by atoms with E-state index >= 15 is 0 Å². The molecule has 0 radical (unpaired) electrons. The van der Waals surface area contributed by atoms with Crippen molar-refractivity contribution in [3.8, 4) is 16.2 Å². The standard InChI is InChI=1S/C22H23N3O5S2/c1-30-17-6-2-14(3-7-17)19-10-18-21(31-19)22(27)24(13-23-18)11-20(26)25(15-4-5-15)16-8-9-32(28,29)12-16/h2-3,6-7,10,13,15-16H,4-5,8-9,11-12H2,1H3/t16-/m0/s1. The molecule has 0 N–H and O–H groups in total. The summed E-state index contributed by atoms with van der Waals surface area (Å²) >= 11 is 1.34. The highest BCUT2D eigenvalue weighted by Gasteiger charge is 2.42. The number of benzene rings is 1. The fraction of sp³-hybridized carbons (Fsp3) is 0.409. The minimum absolute atomic E-state index is 0.0115. The Morgan fingerprint density at radius 3 is 2.59 bits per heavy atom. The van der Waals surface area contributed by atoms with Crippen LogP contribution in [0.15, 0.2) is 41.5 Å². The third-order valence-electron chi connectivity index (χ3n) is 6.01. The monoisotopic (exact) mass is 473 g/mol. The molecule has 2 fully saturated rings. The molecule has 5 rings (SSSR count). The van der Waals surface area contributed by atoms with Crippen LogP contribution in [0, 0.1) is 0 Å². The molecule has 1 aliphatic heterocycles. The minimum atomic E-state index is -3.10. The Bertz CT molecular complexity index is 1340. The minimum Gasteiger partial charge on any atom is -0.497 e. The molecule has 0 spiro atoms. The lowest BCUT2D eigenvalue weighted by Gasteiger charge is -2.28. The maximum atomic E-state index is 13.1. The second-order valence-electron chi connectivity index (χ2n) is 8.32. The SMILES string of the molecule is COc1ccc(-c2cc3ncn(CC(=O)N(C4CC4)[C@H]4CCS(=O)(=O)C4)c(=O)c3s2)cc1. The first-order valence-corrected chi connectivity index (χ1v) is 13.1. The summed E-state index contributed by atoms with van der Waals surface area (Å²) in [5.74, 6) is 0.664. The molecular formula is C22H23N3O5S2. The van der Waals surface area contributed by atoms with Crippen molar-refractivity contribution in [3.05, 3.63) is 47.0 Å². The third-order valence-corrected chi connectivity index (χ3v) is 8.93. The number of hydrogen-bond acceptors (Lipinski definition) is 7. The van der Waals surface area contributed by atoms with E-state index in [4.69, 9.17) is 4.74 Å². The van der Waals surface area contributed by atoms with Gasteiger partial charge in [-0.2, -0.15) is 0 Å². The maximum Gasteiger partial charge on any atom is 0.271 e. The van der Waals surface area contributed by atoms with Gasteiger partial charge in [0.25, 0.3) is 5.56 Å². The number of sulfone groups is 1. The van der Waals surface area contributed by atoms with Gasteiger partial charge in [0.15, 0.2) is 9.84 Å². The maximum absolute atomic E-state index is 13.1. The van der Waals surface area contributed by atoms with E-state index < -0.39 is 9.84 Å². The highest BCUT2D eigenvalue weighted by atomic mass is 32.2. The molecule has 2 aliphatic rings. The Labute approximate surface area is 189 Å². The number of carbonyl (C=O) groups is 1. The van der Waals surface area contributed by atoms with Crippen molar-refractivity contribution in [1.82, 2.24) is 14.5 Å². The van der Waals surface area contributed by atoms with E-state index in [1.165, 1.54) is 22.2 Å². The molecule has 1 aromatic carbocycles. The van der Waals surface area contributed by atoms with Crippen LogP contribution in [0.2, 0.25) is 0 Å². The normalized spacial score (nSPS) is 19.8. The molecule has 3 aromatic rings. The fourth-order valence-electron chi connectivity index (χ4n) is 4.24. The van der Waals surface area contributed by atoms with Gasteiger partial charge in [-0.1, -0.05) is 0 Å². The van der Waals surface area contributed by atoms with Crippen LogP contribution in [0.3, 0.4) is 0 Å². The largest absolute Gasteiger partial charge is 0.497 e. The van der Waals surface area contributed by atoms with E-state index in [9.17, 15) is 18.0 Å². The molecule has 1 amide bonds. The predicted molar refractivity (Wildman–Crippen MR) is 123 cm³/mol. The predicted octanol–water partition coefficient (Wildman–Crippen LogP) is 2.31. The summed E-state index contributed by atoms with van der Waals surface area (Å²) in [6.07, 6.45) is 3.63. The molecule has 1 saturated carbocycles. The summed E-state index contributed by atoms with van der Waals surface area (Å²) in [5.41, 5.74) is 1.29. The molecule has 1 atom stereocenters. The molecule has 0 bridgehead atoms. The van der Waals surface area contributed by atoms with Gasteiger partial charge in [0.05, 0.1) is 30.5 Å². The summed E-state index contributed by atoms with van der Waals surface area (Å²) in [5, 5.41) is 0. The van der Waals surface area contributed by atoms with E-state index in [1.807, 2.05) is 30.3 Å². The Balaban J connectivity index is 1.41. The number of aromatic nitrogens is 2. The highest BCUT2D eigenvalue weighted by molar-refractivity contribution is 7.91. The van der Waals surface area contributed by atoms with Crippen LogP contribution in [0.25, 0.3) is 20.7 Å². The summed E-state index contributed by atoms with van der Waals surface area (Å²) < 4.78 is 30.8. The number of hydrogen-bond donors (Lipinski definition) is 0. The average Bonchev–Trinajstić information content (AvgIpc) is 3.39. The van der Waals surface area contributed by atoms with Crippen molar-refractivity contribution in [3.63, 3.8) is 0 Å². The van der Waals surface area contributed by atoms with Crippen molar-refractivity contribution in [1.29, 1.82) is 0 Å². The molecule has 0 unspecified atom stereocenters. The van der Waals surface area contributed by atoms with Gasteiger partial charge in [-0.3, -0.25) is 14.2 Å². The third kappa shape index (κ3) is 4.04. The number of nitrogens with zero attached hydrogens (tertiary/aromatic N) is 3. The first kappa shape index (κ1) is 21.1. The van der Waals surface area contributed by atoms with Crippen LogP contribution in [0.1, 0.15) is 19.3 Å². The van der Waals surface area contributed by atoms with Gasteiger partial charge in [-0.15, -0.1) is 11.3 Å². The molecule has 3 heterocycles. The van der Waals surface area contributed by atoms with E-state index in [0.29, 0.717) is 16.6 Å². The molecule has 1 saturated heterocycles. The zero-order valence-corrected chi connectivity index (χ0v) is 19.2. The Kier molecular flexibility index (Phi) is 5.29. The van der Waals surface area contributed by atoms with Crippen molar-refractivity contribution in [2.75, 3.05) is 18.6 Å². The summed E-state index contributed by atoms with van der Waals surface area (Å²) in [6.45, 7) is -0.134. The Morgan fingerprint density at radius 1 is 1.22 bits per heavy atom. The van der Waals surface area contributed by atoms with E-state index in [-0.39, 0.29) is 41.6 Å². The average molecular weight is 474 g/mol. The molecular weight excluding hydrogens is 450 g/mol. The topological polar surface area (TPSA) is 98.6 Å². The van der Waals surface area contributed by atoms with Crippen LogP contribution in [-0.2, 0) is 21.2 Å². The number of thiophene rings is 1. The van der Waals surface area contributed by atoms with Crippen LogP contribution < -0.4 is 10.3 Å². The number of amides is 1. The highest BCUT2D eigenvalue weighted by Crippen LogP contribution is 2.33.